The van der Waals surface area contributed by atoms with Crippen molar-refractivity contribution < 1.29 is 0 Å². The third kappa shape index (κ3) is 2.95. The van der Waals surface area contributed by atoms with E-state index in [0.29, 0.717) is 0 Å². The van der Waals surface area contributed by atoms with Crippen LogP contribution in [0.1, 0.15) is 36.9 Å². The minimum absolute atomic E-state index is 0.0994. The molecule has 5 heteroatoms. The summed E-state index contributed by atoms with van der Waals surface area (Å²) in [4.78, 5) is 8.33. The van der Waals surface area contributed by atoms with Gasteiger partial charge in [0.15, 0.2) is 5.13 Å². The number of aromatic nitrogens is 1. The lowest BCUT2D eigenvalue weighted by atomic mass is 10.2. The maximum atomic E-state index is 5.96. The van der Waals surface area contributed by atoms with Crippen LogP contribution in [0.25, 0.3) is 0 Å². The van der Waals surface area contributed by atoms with Crippen LogP contribution in [0.15, 0.2) is 0 Å². The first-order valence-electron chi connectivity index (χ1n) is 6.21. The molecule has 1 aliphatic rings. The quantitative estimate of drug-likeness (QED) is 0.918. The van der Waals surface area contributed by atoms with Crippen molar-refractivity contribution in [3.63, 3.8) is 0 Å². The van der Waals surface area contributed by atoms with Crippen LogP contribution < -0.4 is 10.6 Å². The van der Waals surface area contributed by atoms with Gasteiger partial charge in [0.1, 0.15) is 0 Å². The lowest BCUT2D eigenvalue weighted by Crippen LogP contribution is -2.37. The fraction of sp³-hybridized carbons (Fsp3) is 0.750. The molecule has 0 aliphatic carbocycles. The Labute approximate surface area is 112 Å². The van der Waals surface area contributed by atoms with E-state index in [0.717, 1.165) is 29.2 Å². The number of anilines is 1. The largest absolute Gasteiger partial charge is 0.346 e. The van der Waals surface area contributed by atoms with Gasteiger partial charge in [-0.3, -0.25) is 0 Å². The zero-order chi connectivity index (χ0) is 12.4. The predicted octanol–water partition coefficient (Wildman–Crippen LogP) is 2.80. The Kier molecular flexibility index (Phi) is 4.33. The van der Waals surface area contributed by atoms with Crippen molar-refractivity contribution in [2.75, 3.05) is 23.7 Å². The Hall–Kier alpha value is -0.260. The Morgan fingerprint density at radius 1 is 1.59 bits per heavy atom. The van der Waals surface area contributed by atoms with E-state index in [1.807, 2.05) is 6.92 Å². The number of hydrogen-bond donors (Lipinski definition) is 1. The zero-order valence-corrected chi connectivity index (χ0v) is 12.4. The van der Waals surface area contributed by atoms with Crippen molar-refractivity contribution in [3.05, 3.63) is 10.6 Å². The molecule has 1 saturated heterocycles. The SMILES string of the molecule is CCC1CN(c2nc(C)c(C(C)N)s2)CCS1. The van der Waals surface area contributed by atoms with Crippen LogP contribution in [0.2, 0.25) is 0 Å². The van der Waals surface area contributed by atoms with E-state index in [4.69, 9.17) is 5.73 Å². The van der Waals surface area contributed by atoms with Crippen LogP contribution in [-0.2, 0) is 0 Å². The Morgan fingerprint density at radius 3 is 2.94 bits per heavy atom. The molecular formula is C12H21N3S2. The first-order chi connectivity index (χ1) is 8.11. The standard InChI is InChI=1S/C12H21N3S2/c1-4-10-7-15(5-6-16-10)12-14-9(3)11(17-12)8(2)13/h8,10H,4-7,13H2,1-3H3. The van der Waals surface area contributed by atoms with Gasteiger partial charge in [0.2, 0.25) is 0 Å². The molecule has 1 aromatic heterocycles. The molecule has 0 saturated carbocycles. The first-order valence-corrected chi connectivity index (χ1v) is 8.07. The van der Waals surface area contributed by atoms with Gasteiger partial charge in [0, 0.05) is 35.0 Å². The van der Waals surface area contributed by atoms with Crippen LogP contribution in [0.4, 0.5) is 5.13 Å². The summed E-state index contributed by atoms with van der Waals surface area (Å²) in [6.45, 7) is 8.61. The molecule has 2 N–H and O–H groups in total. The Bertz CT molecular complexity index is 376. The van der Waals surface area contributed by atoms with Gasteiger partial charge in [0.25, 0.3) is 0 Å². The topological polar surface area (TPSA) is 42.2 Å². The second kappa shape index (κ2) is 5.59. The summed E-state index contributed by atoms with van der Waals surface area (Å²) in [6.07, 6.45) is 1.24. The summed E-state index contributed by atoms with van der Waals surface area (Å²) in [5.41, 5.74) is 7.06. The molecule has 17 heavy (non-hydrogen) atoms. The summed E-state index contributed by atoms with van der Waals surface area (Å²) in [7, 11) is 0. The molecule has 0 spiro atoms. The van der Waals surface area contributed by atoms with Crippen molar-refractivity contribution in [3.8, 4) is 0 Å². The molecular weight excluding hydrogens is 250 g/mol. The normalized spacial score (nSPS) is 22.8. The Balaban J connectivity index is 2.14. The van der Waals surface area contributed by atoms with Gasteiger partial charge in [-0.1, -0.05) is 6.92 Å². The van der Waals surface area contributed by atoms with E-state index in [1.165, 1.54) is 17.1 Å². The van der Waals surface area contributed by atoms with E-state index < -0.39 is 0 Å². The molecule has 0 aromatic carbocycles. The number of hydrogen-bond acceptors (Lipinski definition) is 5. The van der Waals surface area contributed by atoms with Crippen LogP contribution in [-0.4, -0.2) is 29.1 Å². The van der Waals surface area contributed by atoms with Crippen molar-refractivity contribution in [1.82, 2.24) is 4.98 Å². The highest BCUT2D eigenvalue weighted by atomic mass is 32.2. The maximum Gasteiger partial charge on any atom is 0.185 e. The Morgan fingerprint density at radius 2 is 2.35 bits per heavy atom. The lowest BCUT2D eigenvalue weighted by Gasteiger charge is -2.31. The molecule has 0 amide bonds. The van der Waals surface area contributed by atoms with Crippen molar-refractivity contribution >= 4 is 28.2 Å². The molecule has 1 fully saturated rings. The molecule has 0 bridgehead atoms. The van der Waals surface area contributed by atoms with E-state index >= 15 is 0 Å². The van der Waals surface area contributed by atoms with Gasteiger partial charge in [-0.25, -0.2) is 4.98 Å². The average molecular weight is 271 g/mol. The maximum absolute atomic E-state index is 5.96. The van der Waals surface area contributed by atoms with Crippen LogP contribution in [0.5, 0.6) is 0 Å². The minimum atomic E-state index is 0.0994. The summed E-state index contributed by atoms with van der Waals surface area (Å²) in [5.74, 6) is 1.21. The molecule has 96 valence electrons. The third-order valence-electron chi connectivity index (χ3n) is 3.10. The molecule has 1 aliphatic heterocycles. The van der Waals surface area contributed by atoms with Crippen LogP contribution in [0, 0.1) is 6.92 Å². The van der Waals surface area contributed by atoms with E-state index in [1.54, 1.807) is 11.3 Å². The van der Waals surface area contributed by atoms with E-state index in [-0.39, 0.29) is 6.04 Å². The molecule has 3 nitrogen and oxygen atoms in total. The monoisotopic (exact) mass is 271 g/mol. The number of thioether (sulfide) groups is 1. The van der Waals surface area contributed by atoms with Gasteiger partial charge in [-0.15, -0.1) is 11.3 Å². The number of nitrogens with zero attached hydrogens (tertiary/aromatic N) is 2. The highest BCUT2D eigenvalue weighted by molar-refractivity contribution is 8.00. The van der Waals surface area contributed by atoms with E-state index in [9.17, 15) is 0 Å². The molecule has 0 radical (unpaired) electrons. The molecule has 2 heterocycles. The summed E-state index contributed by atoms with van der Waals surface area (Å²) in [6, 6.07) is 0.0994. The second-order valence-electron chi connectivity index (χ2n) is 4.58. The smallest absolute Gasteiger partial charge is 0.185 e. The average Bonchev–Trinajstić information content (AvgIpc) is 2.71. The number of aryl methyl sites for hydroxylation is 1. The fourth-order valence-corrected chi connectivity index (χ4v) is 4.32. The number of thiazole rings is 1. The molecule has 2 atom stereocenters. The van der Waals surface area contributed by atoms with Gasteiger partial charge in [-0.05, 0) is 20.3 Å². The predicted molar refractivity (Wildman–Crippen MR) is 78.2 cm³/mol. The van der Waals surface area contributed by atoms with Crippen molar-refractivity contribution in [2.45, 2.75) is 38.5 Å². The van der Waals surface area contributed by atoms with Crippen LogP contribution in [0.3, 0.4) is 0 Å². The van der Waals surface area contributed by atoms with Crippen molar-refractivity contribution in [1.29, 1.82) is 0 Å². The zero-order valence-electron chi connectivity index (χ0n) is 10.8. The lowest BCUT2D eigenvalue weighted by molar-refractivity contribution is 0.725. The fourth-order valence-electron chi connectivity index (χ4n) is 2.09. The number of nitrogens with two attached hydrogens (primary N) is 1. The van der Waals surface area contributed by atoms with Crippen LogP contribution >= 0.6 is 23.1 Å². The molecule has 1 aromatic rings. The van der Waals surface area contributed by atoms with Gasteiger partial charge in [0.05, 0.1) is 5.69 Å². The van der Waals surface area contributed by atoms with Gasteiger partial charge < -0.3 is 10.6 Å². The van der Waals surface area contributed by atoms with Crippen molar-refractivity contribution in [2.24, 2.45) is 5.73 Å². The second-order valence-corrected chi connectivity index (χ2v) is 7.00. The third-order valence-corrected chi connectivity index (χ3v) is 5.89. The summed E-state index contributed by atoms with van der Waals surface area (Å²) < 4.78 is 0. The first kappa shape index (κ1) is 13.2. The molecule has 2 unspecified atom stereocenters. The number of rotatable bonds is 3. The highest BCUT2D eigenvalue weighted by Gasteiger charge is 2.22. The summed E-state index contributed by atoms with van der Waals surface area (Å²) in [5, 5.41) is 1.92. The van der Waals surface area contributed by atoms with Gasteiger partial charge in [-0.2, -0.15) is 11.8 Å². The van der Waals surface area contributed by atoms with Gasteiger partial charge >= 0.3 is 0 Å². The van der Waals surface area contributed by atoms with E-state index in [2.05, 4.69) is 35.5 Å². The molecule has 2 rings (SSSR count). The minimum Gasteiger partial charge on any atom is -0.346 e. The highest BCUT2D eigenvalue weighted by Crippen LogP contribution is 2.32. The summed E-state index contributed by atoms with van der Waals surface area (Å²) >= 11 is 3.86.